The van der Waals surface area contributed by atoms with E-state index in [1.807, 2.05) is 0 Å². The lowest BCUT2D eigenvalue weighted by molar-refractivity contribution is 0.340. The SMILES string of the molecule is C=C(NCC1CC1)C(C#N)C(CC(C)C)NCC1CCCC1. The molecule has 2 atom stereocenters. The maximum Gasteiger partial charge on any atom is 0.101 e. The number of nitriles is 1. The number of rotatable bonds is 10. The molecule has 2 rings (SSSR count). The minimum absolute atomic E-state index is 0.123. The van der Waals surface area contributed by atoms with Crippen molar-refractivity contribution in [2.24, 2.45) is 23.7 Å². The van der Waals surface area contributed by atoms with Gasteiger partial charge in [-0.25, -0.2) is 0 Å². The summed E-state index contributed by atoms with van der Waals surface area (Å²) in [6.45, 7) is 10.7. The van der Waals surface area contributed by atoms with Gasteiger partial charge in [0.05, 0.1) is 6.07 Å². The lowest BCUT2D eigenvalue weighted by Gasteiger charge is -2.28. The first-order valence-corrected chi connectivity index (χ1v) is 9.15. The van der Waals surface area contributed by atoms with Crippen molar-refractivity contribution in [3.63, 3.8) is 0 Å². The molecule has 2 unspecified atom stereocenters. The second kappa shape index (κ2) is 8.58. The topological polar surface area (TPSA) is 47.9 Å². The van der Waals surface area contributed by atoms with Gasteiger partial charge in [0.2, 0.25) is 0 Å². The maximum atomic E-state index is 9.66. The Kier molecular flexibility index (Phi) is 6.76. The van der Waals surface area contributed by atoms with E-state index < -0.39 is 0 Å². The average Bonchev–Trinajstić information content (AvgIpc) is 3.16. The Morgan fingerprint density at radius 2 is 1.77 bits per heavy atom. The zero-order valence-corrected chi connectivity index (χ0v) is 14.4. The van der Waals surface area contributed by atoms with Crippen molar-refractivity contribution in [2.75, 3.05) is 13.1 Å². The second-order valence-corrected chi connectivity index (χ2v) is 7.75. The van der Waals surface area contributed by atoms with Crippen molar-refractivity contribution >= 4 is 0 Å². The molecule has 3 heteroatoms. The molecular weight excluding hydrogens is 270 g/mol. The molecule has 0 aromatic carbocycles. The molecule has 3 nitrogen and oxygen atoms in total. The van der Waals surface area contributed by atoms with Gasteiger partial charge in [-0.05, 0) is 56.4 Å². The highest BCUT2D eigenvalue weighted by Crippen LogP contribution is 2.29. The lowest BCUT2D eigenvalue weighted by atomic mass is 9.90. The van der Waals surface area contributed by atoms with Crippen molar-refractivity contribution in [1.82, 2.24) is 10.6 Å². The Morgan fingerprint density at radius 3 is 2.32 bits per heavy atom. The molecule has 0 aromatic rings. The molecule has 0 heterocycles. The molecule has 2 saturated carbocycles. The molecule has 2 N–H and O–H groups in total. The Labute approximate surface area is 136 Å². The first-order valence-electron chi connectivity index (χ1n) is 9.15. The van der Waals surface area contributed by atoms with Crippen LogP contribution in [0.15, 0.2) is 12.3 Å². The van der Waals surface area contributed by atoms with Gasteiger partial charge in [-0.2, -0.15) is 5.26 Å². The average molecular weight is 303 g/mol. The molecule has 2 aliphatic rings. The van der Waals surface area contributed by atoms with Crippen LogP contribution in [0.2, 0.25) is 0 Å². The van der Waals surface area contributed by atoms with E-state index in [4.69, 9.17) is 0 Å². The predicted molar refractivity (Wildman–Crippen MR) is 92.2 cm³/mol. The van der Waals surface area contributed by atoms with E-state index in [0.29, 0.717) is 5.92 Å². The fraction of sp³-hybridized carbons (Fsp3) is 0.842. The van der Waals surface area contributed by atoms with E-state index >= 15 is 0 Å². The van der Waals surface area contributed by atoms with E-state index in [1.165, 1.54) is 38.5 Å². The summed E-state index contributed by atoms with van der Waals surface area (Å²) in [5.41, 5.74) is 0.916. The summed E-state index contributed by atoms with van der Waals surface area (Å²) in [4.78, 5) is 0. The molecule has 124 valence electrons. The number of nitrogens with zero attached hydrogens (tertiary/aromatic N) is 1. The molecule has 0 amide bonds. The summed E-state index contributed by atoms with van der Waals surface area (Å²) < 4.78 is 0. The van der Waals surface area contributed by atoms with Crippen molar-refractivity contribution in [2.45, 2.75) is 64.8 Å². The summed E-state index contributed by atoms with van der Waals surface area (Å²) in [6, 6.07) is 2.73. The fourth-order valence-electron chi connectivity index (χ4n) is 3.50. The third kappa shape index (κ3) is 5.65. The fourth-order valence-corrected chi connectivity index (χ4v) is 3.50. The van der Waals surface area contributed by atoms with E-state index in [9.17, 15) is 5.26 Å². The second-order valence-electron chi connectivity index (χ2n) is 7.75. The monoisotopic (exact) mass is 303 g/mol. The normalized spacial score (nSPS) is 21.5. The molecule has 2 fully saturated rings. The predicted octanol–water partition coefficient (Wildman–Crippen LogP) is 3.83. The molecule has 0 aromatic heterocycles. The van der Waals surface area contributed by atoms with Crippen molar-refractivity contribution in [1.29, 1.82) is 5.26 Å². The highest BCUT2D eigenvalue weighted by Gasteiger charge is 2.28. The molecule has 2 aliphatic carbocycles. The van der Waals surface area contributed by atoms with Crippen LogP contribution in [0.3, 0.4) is 0 Å². The Morgan fingerprint density at radius 1 is 1.14 bits per heavy atom. The van der Waals surface area contributed by atoms with Crippen LogP contribution in [-0.2, 0) is 0 Å². The quantitative estimate of drug-likeness (QED) is 0.645. The number of nitrogens with one attached hydrogen (secondary N) is 2. The van der Waals surface area contributed by atoms with Gasteiger partial charge in [-0.1, -0.05) is 33.3 Å². The van der Waals surface area contributed by atoms with Gasteiger partial charge in [0.25, 0.3) is 0 Å². The highest BCUT2D eigenvalue weighted by molar-refractivity contribution is 5.13. The molecular formula is C19H33N3. The number of hydrogen-bond acceptors (Lipinski definition) is 3. The third-order valence-corrected chi connectivity index (χ3v) is 5.10. The van der Waals surface area contributed by atoms with Gasteiger partial charge in [0.1, 0.15) is 5.92 Å². The van der Waals surface area contributed by atoms with Crippen LogP contribution in [0, 0.1) is 35.0 Å². The smallest absolute Gasteiger partial charge is 0.101 e. The summed E-state index contributed by atoms with van der Waals surface area (Å²) >= 11 is 0. The Bertz CT molecular complexity index is 386. The molecule has 0 spiro atoms. The van der Waals surface area contributed by atoms with E-state index in [2.05, 4.69) is 37.1 Å². The number of hydrogen-bond donors (Lipinski definition) is 2. The van der Waals surface area contributed by atoms with Gasteiger partial charge >= 0.3 is 0 Å². The van der Waals surface area contributed by atoms with Gasteiger partial charge < -0.3 is 10.6 Å². The molecule has 0 radical (unpaired) electrons. The molecule has 22 heavy (non-hydrogen) atoms. The minimum Gasteiger partial charge on any atom is -0.387 e. The van der Waals surface area contributed by atoms with Crippen molar-refractivity contribution in [3.8, 4) is 6.07 Å². The third-order valence-electron chi connectivity index (χ3n) is 5.10. The summed E-state index contributed by atoms with van der Waals surface area (Å²) in [7, 11) is 0. The Hall–Kier alpha value is -1.01. The molecule has 0 aliphatic heterocycles. The largest absolute Gasteiger partial charge is 0.387 e. The van der Waals surface area contributed by atoms with Crippen LogP contribution in [-0.4, -0.2) is 19.1 Å². The minimum atomic E-state index is -0.123. The van der Waals surface area contributed by atoms with E-state index in [-0.39, 0.29) is 12.0 Å². The molecule has 0 bridgehead atoms. The van der Waals surface area contributed by atoms with Gasteiger partial charge in [-0.3, -0.25) is 0 Å². The van der Waals surface area contributed by atoms with Gasteiger partial charge in [0, 0.05) is 18.3 Å². The van der Waals surface area contributed by atoms with Crippen LogP contribution < -0.4 is 10.6 Å². The lowest BCUT2D eigenvalue weighted by Crippen LogP contribution is -2.42. The van der Waals surface area contributed by atoms with Crippen LogP contribution in [0.5, 0.6) is 0 Å². The van der Waals surface area contributed by atoms with E-state index in [0.717, 1.165) is 37.0 Å². The standard InChI is InChI=1S/C19H33N3/c1-14(2)10-19(22-13-16-6-4-5-7-16)18(11-20)15(3)21-12-17-8-9-17/h14,16-19,21-22H,3-10,12-13H2,1-2H3. The van der Waals surface area contributed by atoms with Gasteiger partial charge in [0.15, 0.2) is 0 Å². The van der Waals surface area contributed by atoms with Crippen molar-refractivity contribution in [3.05, 3.63) is 12.3 Å². The highest BCUT2D eigenvalue weighted by atomic mass is 15.0. The maximum absolute atomic E-state index is 9.66. The van der Waals surface area contributed by atoms with Crippen LogP contribution in [0.25, 0.3) is 0 Å². The zero-order chi connectivity index (χ0) is 15.9. The van der Waals surface area contributed by atoms with E-state index in [1.54, 1.807) is 0 Å². The summed E-state index contributed by atoms with van der Waals surface area (Å²) in [5.74, 6) is 2.09. The van der Waals surface area contributed by atoms with Gasteiger partial charge in [-0.15, -0.1) is 0 Å². The zero-order valence-electron chi connectivity index (χ0n) is 14.4. The van der Waals surface area contributed by atoms with Crippen LogP contribution in [0.4, 0.5) is 0 Å². The summed E-state index contributed by atoms with van der Waals surface area (Å²) in [5, 5.41) is 16.8. The van der Waals surface area contributed by atoms with Crippen LogP contribution in [0.1, 0.15) is 58.8 Å². The first kappa shape index (κ1) is 17.3. The molecule has 0 saturated heterocycles. The van der Waals surface area contributed by atoms with Crippen LogP contribution >= 0.6 is 0 Å². The first-order chi connectivity index (χ1) is 10.6. The van der Waals surface area contributed by atoms with Crippen molar-refractivity contribution < 1.29 is 0 Å². The summed E-state index contributed by atoms with van der Waals surface area (Å²) in [6.07, 6.45) is 9.13. The Balaban J connectivity index is 1.87.